The molecule has 1 unspecified atom stereocenters. The lowest BCUT2D eigenvalue weighted by Crippen LogP contribution is -2.57. The van der Waals surface area contributed by atoms with Crippen molar-refractivity contribution < 1.29 is 28.5 Å². The summed E-state index contributed by atoms with van der Waals surface area (Å²) in [6.07, 6.45) is -2.01. The fourth-order valence-electron chi connectivity index (χ4n) is 4.38. The SMILES string of the molecule is CC(C)(C)OC(=O)NC1C[C@@H](OCc2ccccc2)[C@H](OCc2ccccc2)[C@@H](COCc2ccccc2)O1. The Hall–Kier alpha value is -3.23. The molecule has 0 saturated carbocycles. The Balaban J connectivity index is 1.50. The van der Waals surface area contributed by atoms with E-state index in [4.69, 9.17) is 23.7 Å². The summed E-state index contributed by atoms with van der Waals surface area (Å²) in [7, 11) is 0. The first-order valence-electron chi connectivity index (χ1n) is 13.4. The van der Waals surface area contributed by atoms with Gasteiger partial charge in [0.05, 0.1) is 32.5 Å². The molecule has 208 valence electrons. The van der Waals surface area contributed by atoms with Crippen LogP contribution in [-0.4, -0.2) is 42.8 Å². The van der Waals surface area contributed by atoms with Gasteiger partial charge in [0.25, 0.3) is 0 Å². The number of hydrogen-bond acceptors (Lipinski definition) is 6. The van der Waals surface area contributed by atoms with Gasteiger partial charge in [-0.15, -0.1) is 0 Å². The minimum absolute atomic E-state index is 0.270. The fraction of sp³-hybridized carbons (Fsp3) is 0.406. The second-order valence-corrected chi connectivity index (χ2v) is 10.6. The van der Waals surface area contributed by atoms with Crippen molar-refractivity contribution in [2.75, 3.05) is 6.61 Å². The number of benzene rings is 3. The summed E-state index contributed by atoms with van der Waals surface area (Å²) in [5.41, 5.74) is 2.55. The van der Waals surface area contributed by atoms with E-state index in [-0.39, 0.29) is 12.7 Å². The second-order valence-electron chi connectivity index (χ2n) is 10.6. The van der Waals surface area contributed by atoms with Crippen molar-refractivity contribution >= 4 is 6.09 Å². The van der Waals surface area contributed by atoms with Gasteiger partial charge in [-0.05, 0) is 37.5 Å². The first-order valence-corrected chi connectivity index (χ1v) is 13.4. The van der Waals surface area contributed by atoms with Crippen molar-refractivity contribution in [1.82, 2.24) is 5.32 Å². The number of amides is 1. The van der Waals surface area contributed by atoms with Crippen molar-refractivity contribution in [2.45, 2.75) is 77.2 Å². The van der Waals surface area contributed by atoms with E-state index in [1.165, 1.54) is 0 Å². The monoisotopic (exact) mass is 533 g/mol. The maximum atomic E-state index is 12.6. The molecule has 4 rings (SSSR count). The zero-order chi connectivity index (χ0) is 27.5. The van der Waals surface area contributed by atoms with Crippen molar-refractivity contribution in [3.8, 4) is 0 Å². The smallest absolute Gasteiger partial charge is 0.409 e. The standard InChI is InChI=1S/C32H39NO6/c1-32(2,3)39-31(34)33-29-19-27(36-21-25-15-9-5-10-16-25)30(37-22-26-17-11-6-12-18-26)28(38-29)23-35-20-24-13-7-4-8-14-24/h4-18,27-30H,19-23H2,1-3H3,(H,33,34)/t27-,28-,29?,30+/m1/s1. The maximum Gasteiger partial charge on any atom is 0.409 e. The third kappa shape index (κ3) is 9.79. The van der Waals surface area contributed by atoms with Crippen LogP contribution in [0.4, 0.5) is 4.79 Å². The van der Waals surface area contributed by atoms with E-state index < -0.39 is 30.1 Å². The lowest BCUT2D eigenvalue weighted by molar-refractivity contribution is -0.224. The molecule has 7 heteroatoms. The number of carbonyl (C=O) groups excluding carboxylic acids is 1. The van der Waals surface area contributed by atoms with Gasteiger partial charge in [0.2, 0.25) is 0 Å². The van der Waals surface area contributed by atoms with E-state index in [1.807, 2.05) is 112 Å². The van der Waals surface area contributed by atoms with E-state index in [1.54, 1.807) is 0 Å². The minimum Gasteiger partial charge on any atom is -0.444 e. The molecule has 0 spiro atoms. The highest BCUT2D eigenvalue weighted by Crippen LogP contribution is 2.27. The van der Waals surface area contributed by atoms with Crippen LogP contribution in [0, 0.1) is 0 Å². The number of nitrogens with one attached hydrogen (secondary N) is 1. The molecular weight excluding hydrogens is 494 g/mol. The van der Waals surface area contributed by atoms with Gasteiger partial charge in [-0.2, -0.15) is 0 Å². The van der Waals surface area contributed by atoms with Crippen molar-refractivity contribution in [1.29, 1.82) is 0 Å². The predicted octanol–water partition coefficient (Wildman–Crippen LogP) is 6.01. The molecule has 0 bridgehead atoms. The zero-order valence-corrected chi connectivity index (χ0v) is 23.0. The molecule has 1 heterocycles. The molecule has 1 amide bonds. The highest BCUT2D eigenvalue weighted by molar-refractivity contribution is 5.67. The van der Waals surface area contributed by atoms with E-state index in [9.17, 15) is 4.79 Å². The molecule has 0 aliphatic carbocycles. The molecule has 1 saturated heterocycles. The molecule has 1 aliphatic heterocycles. The van der Waals surface area contributed by atoms with Crippen LogP contribution >= 0.6 is 0 Å². The Morgan fingerprint density at radius 3 is 1.85 bits per heavy atom. The molecule has 1 fully saturated rings. The second kappa shape index (κ2) is 14.2. The molecule has 4 atom stereocenters. The third-order valence-corrected chi connectivity index (χ3v) is 6.18. The Morgan fingerprint density at radius 2 is 1.31 bits per heavy atom. The Kier molecular flexibility index (Phi) is 10.5. The van der Waals surface area contributed by atoms with Crippen molar-refractivity contribution in [3.05, 3.63) is 108 Å². The predicted molar refractivity (Wildman–Crippen MR) is 149 cm³/mol. The van der Waals surface area contributed by atoms with Gasteiger partial charge in [0.15, 0.2) is 0 Å². The first kappa shape index (κ1) is 28.8. The normalized spacial score (nSPS) is 21.3. The van der Waals surface area contributed by atoms with Gasteiger partial charge in [0.1, 0.15) is 24.0 Å². The average molecular weight is 534 g/mol. The summed E-state index contributed by atoms with van der Waals surface area (Å²) >= 11 is 0. The summed E-state index contributed by atoms with van der Waals surface area (Å²) in [4.78, 5) is 12.6. The Morgan fingerprint density at radius 1 is 0.795 bits per heavy atom. The lowest BCUT2D eigenvalue weighted by atomic mass is 10.00. The van der Waals surface area contributed by atoms with E-state index in [2.05, 4.69) is 5.32 Å². The zero-order valence-electron chi connectivity index (χ0n) is 23.0. The largest absolute Gasteiger partial charge is 0.444 e. The molecule has 1 N–H and O–H groups in total. The highest BCUT2D eigenvalue weighted by Gasteiger charge is 2.41. The van der Waals surface area contributed by atoms with Crippen LogP contribution in [0.1, 0.15) is 43.9 Å². The van der Waals surface area contributed by atoms with Crippen LogP contribution in [0.3, 0.4) is 0 Å². The summed E-state index contributed by atoms with van der Waals surface area (Å²) in [6.45, 7) is 7.00. The molecule has 3 aromatic rings. The van der Waals surface area contributed by atoms with Crippen LogP contribution in [0.2, 0.25) is 0 Å². The van der Waals surface area contributed by atoms with Crippen LogP contribution < -0.4 is 5.32 Å². The van der Waals surface area contributed by atoms with Gasteiger partial charge < -0.3 is 23.7 Å². The highest BCUT2D eigenvalue weighted by atomic mass is 16.6. The van der Waals surface area contributed by atoms with Crippen molar-refractivity contribution in [2.24, 2.45) is 0 Å². The molecule has 39 heavy (non-hydrogen) atoms. The first-order chi connectivity index (χ1) is 18.9. The summed E-state index contributed by atoms with van der Waals surface area (Å²) in [6, 6.07) is 30.0. The van der Waals surface area contributed by atoms with Crippen LogP contribution in [0.5, 0.6) is 0 Å². The van der Waals surface area contributed by atoms with Gasteiger partial charge in [-0.25, -0.2) is 4.79 Å². The fourth-order valence-corrected chi connectivity index (χ4v) is 4.38. The molecule has 3 aromatic carbocycles. The average Bonchev–Trinajstić information content (AvgIpc) is 2.92. The summed E-state index contributed by atoms with van der Waals surface area (Å²) < 4.78 is 30.8. The van der Waals surface area contributed by atoms with E-state index in [0.717, 1.165) is 16.7 Å². The topological polar surface area (TPSA) is 75.3 Å². The summed E-state index contributed by atoms with van der Waals surface area (Å²) in [5.74, 6) is 0. The van der Waals surface area contributed by atoms with Gasteiger partial charge >= 0.3 is 6.09 Å². The maximum absolute atomic E-state index is 12.6. The number of hydrogen-bond donors (Lipinski definition) is 1. The number of rotatable bonds is 11. The van der Waals surface area contributed by atoms with Crippen LogP contribution in [-0.2, 0) is 43.5 Å². The third-order valence-electron chi connectivity index (χ3n) is 6.18. The lowest BCUT2D eigenvalue weighted by Gasteiger charge is -2.41. The van der Waals surface area contributed by atoms with Gasteiger partial charge in [-0.1, -0.05) is 91.0 Å². The van der Waals surface area contributed by atoms with Gasteiger partial charge in [0, 0.05) is 6.42 Å². The quantitative estimate of drug-likeness (QED) is 0.325. The molecule has 7 nitrogen and oxygen atoms in total. The molecule has 0 radical (unpaired) electrons. The molecule has 1 aliphatic rings. The number of carbonyl (C=O) groups is 1. The molecule has 0 aromatic heterocycles. The van der Waals surface area contributed by atoms with Gasteiger partial charge in [-0.3, -0.25) is 5.32 Å². The molecular formula is C32H39NO6. The van der Waals surface area contributed by atoms with Crippen LogP contribution in [0.25, 0.3) is 0 Å². The van der Waals surface area contributed by atoms with E-state index >= 15 is 0 Å². The Bertz CT molecular complexity index is 1120. The van der Waals surface area contributed by atoms with E-state index in [0.29, 0.717) is 26.2 Å². The van der Waals surface area contributed by atoms with Crippen LogP contribution in [0.15, 0.2) is 91.0 Å². The summed E-state index contributed by atoms with van der Waals surface area (Å²) in [5, 5.41) is 2.86. The number of alkyl carbamates (subject to hydrolysis) is 1. The van der Waals surface area contributed by atoms with Crippen molar-refractivity contribution in [3.63, 3.8) is 0 Å². The minimum atomic E-state index is -0.624. The Labute approximate surface area is 231 Å². The number of ether oxygens (including phenoxy) is 5.